The molecule has 0 saturated carbocycles. The Balaban J connectivity index is 2.06. The van der Waals surface area contributed by atoms with Crippen LogP contribution in [0.5, 0.6) is 5.75 Å². The van der Waals surface area contributed by atoms with Gasteiger partial charge in [0.1, 0.15) is 5.75 Å². The van der Waals surface area contributed by atoms with E-state index < -0.39 is 29.5 Å². The van der Waals surface area contributed by atoms with Crippen LogP contribution in [-0.2, 0) is 14.4 Å². The van der Waals surface area contributed by atoms with Gasteiger partial charge in [-0.1, -0.05) is 5.22 Å². The van der Waals surface area contributed by atoms with Gasteiger partial charge in [0.05, 0.1) is 7.11 Å². The lowest BCUT2D eigenvalue weighted by Crippen LogP contribution is -2.48. The maximum absolute atomic E-state index is 11.8. The number of methoxy groups -OCH3 is 1. The van der Waals surface area contributed by atoms with Gasteiger partial charge in [0.2, 0.25) is 6.04 Å². The highest BCUT2D eigenvalue weighted by Gasteiger charge is 2.35. The summed E-state index contributed by atoms with van der Waals surface area (Å²) in [5.41, 5.74) is 1.99. The Morgan fingerprint density at radius 3 is 2.52 bits per heavy atom. The fourth-order valence-corrected chi connectivity index (χ4v) is 1.53. The van der Waals surface area contributed by atoms with Gasteiger partial charge in [0, 0.05) is 5.56 Å². The number of imide groups is 1. The maximum atomic E-state index is 11.8. The molecule has 21 heavy (non-hydrogen) atoms. The van der Waals surface area contributed by atoms with Crippen molar-refractivity contribution in [3.05, 3.63) is 29.8 Å². The monoisotopic (exact) mass is 290 g/mol. The van der Waals surface area contributed by atoms with Crippen LogP contribution >= 0.6 is 0 Å². The molecule has 1 unspecified atom stereocenters. The molecule has 1 atom stereocenters. The van der Waals surface area contributed by atoms with Crippen LogP contribution in [0.4, 0.5) is 0 Å². The molecule has 1 aromatic carbocycles. The molecule has 1 aromatic rings. The molecular formula is C12H10N4O5. The van der Waals surface area contributed by atoms with E-state index in [1.807, 2.05) is 5.32 Å². The first-order chi connectivity index (χ1) is 10.0. The van der Waals surface area contributed by atoms with E-state index >= 15 is 0 Å². The molecular weight excluding hydrogens is 280 g/mol. The van der Waals surface area contributed by atoms with Gasteiger partial charge < -0.3 is 4.74 Å². The molecule has 2 rings (SSSR count). The van der Waals surface area contributed by atoms with Crippen molar-refractivity contribution in [3.8, 4) is 5.75 Å². The molecule has 1 aliphatic heterocycles. The van der Waals surface area contributed by atoms with Crippen molar-refractivity contribution < 1.29 is 23.9 Å². The van der Waals surface area contributed by atoms with Crippen molar-refractivity contribution in [1.82, 2.24) is 10.7 Å². The molecule has 0 aliphatic carbocycles. The molecule has 0 aromatic heterocycles. The van der Waals surface area contributed by atoms with Crippen LogP contribution in [-0.4, -0.2) is 36.7 Å². The van der Waals surface area contributed by atoms with E-state index in [1.165, 1.54) is 31.4 Å². The molecule has 3 amide bonds. The van der Waals surface area contributed by atoms with Crippen molar-refractivity contribution in [2.45, 2.75) is 6.04 Å². The van der Waals surface area contributed by atoms with Gasteiger partial charge in [-0.05, 0) is 24.3 Å². The van der Waals surface area contributed by atoms with Crippen LogP contribution in [0.3, 0.4) is 0 Å². The van der Waals surface area contributed by atoms with Crippen LogP contribution in [0.2, 0.25) is 0 Å². The molecule has 2 N–H and O–H groups in total. The summed E-state index contributed by atoms with van der Waals surface area (Å²) < 4.78 is 4.94. The number of Topliss-reactive ketones (excluding diaryl/α,β-unsaturated/α-hetero) is 1. The lowest BCUT2D eigenvalue weighted by molar-refractivity contribution is -0.142. The van der Waals surface area contributed by atoms with Gasteiger partial charge in [0.15, 0.2) is 0 Å². The molecule has 0 spiro atoms. The molecule has 0 bridgehead atoms. The minimum absolute atomic E-state index is 0.189. The third kappa shape index (κ3) is 3.08. The van der Waals surface area contributed by atoms with Crippen LogP contribution < -0.4 is 15.5 Å². The first-order valence-electron chi connectivity index (χ1n) is 5.76. The van der Waals surface area contributed by atoms with Crippen molar-refractivity contribution in [2.24, 2.45) is 10.3 Å². The van der Waals surface area contributed by atoms with Crippen LogP contribution in [0, 0.1) is 0 Å². The van der Waals surface area contributed by atoms with Gasteiger partial charge in [-0.15, -0.1) is 5.11 Å². The second kappa shape index (κ2) is 5.90. The third-order valence-corrected chi connectivity index (χ3v) is 2.63. The number of ketones is 1. The van der Waals surface area contributed by atoms with Crippen molar-refractivity contribution in [2.75, 3.05) is 7.11 Å². The lowest BCUT2D eigenvalue weighted by Gasteiger charge is -2.12. The topological polar surface area (TPSA) is 126 Å². The van der Waals surface area contributed by atoms with Crippen LogP contribution in [0.1, 0.15) is 10.4 Å². The first-order valence-corrected chi connectivity index (χ1v) is 5.76. The Morgan fingerprint density at radius 2 is 1.90 bits per heavy atom. The Hall–Kier alpha value is -3.10. The van der Waals surface area contributed by atoms with Crippen molar-refractivity contribution in [1.29, 1.82) is 0 Å². The fraction of sp³-hybridized carbons (Fsp3) is 0.167. The number of nitrogens with zero attached hydrogens (tertiary/aromatic N) is 2. The highest BCUT2D eigenvalue weighted by atomic mass is 16.5. The van der Waals surface area contributed by atoms with E-state index in [0.717, 1.165) is 0 Å². The number of ether oxygens (including phenoxy) is 1. The standard InChI is InChI=1S/C12H10N4O5/c1-21-7-4-2-6(3-5-7)10(18)13-11(19)8-9(17)12(20)15-16-14-8/h2-5,8H,1H3,(H,13,18,19)(H,14,15,20). The van der Waals surface area contributed by atoms with Crippen LogP contribution in [0.15, 0.2) is 34.6 Å². The number of hydrogen-bond acceptors (Lipinski definition) is 7. The molecule has 1 heterocycles. The summed E-state index contributed by atoms with van der Waals surface area (Å²) in [6.45, 7) is 0. The van der Waals surface area contributed by atoms with Crippen molar-refractivity contribution in [3.63, 3.8) is 0 Å². The minimum atomic E-state index is -1.65. The van der Waals surface area contributed by atoms with E-state index in [1.54, 1.807) is 5.43 Å². The van der Waals surface area contributed by atoms with E-state index in [2.05, 4.69) is 10.3 Å². The van der Waals surface area contributed by atoms with Gasteiger partial charge in [-0.2, -0.15) is 0 Å². The summed E-state index contributed by atoms with van der Waals surface area (Å²) in [5.74, 6) is -3.33. The van der Waals surface area contributed by atoms with Gasteiger partial charge in [-0.25, -0.2) is 5.43 Å². The molecule has 0 radical (unpaired) electrons. The minimum Gasteiger partial charge on any atom is -0.497 e. The zero-order chi connectivity index (χ0) is 15.4. The summed E-state index contributed by atoms with van der Waals surface area (Å²) in [5, 5.41) is 8.40. The Bertz CT molecular complexity index is 638. The third-order valence-electron chi connectivity index (χ3n) is 2.63. The smallest absolute Gasteiger partial charge is 0.311 e. The van der Waals surface area contributed by atoms with Gasteiger partial charge in [0.25, 0.3) is 17.6 Å². The van der Waals surface area contributed by atoms with Crippen molar-refractivity contribution >= 4 is 23.5 Å². The van der Waals surface area contributed by atoms with Gasteiger partial charge >= 0.3 is 5.91 Å². The van der Waals surface area contributed by atoms with Gasteiger partial charge in [-0.3, -0.25) is 24.5 Å². The number of carbonyl (C=O) groups is 4. The largest absolute Gasteiger partial charge is 0.497 e. The Labute approximate surface area is 118 Å². The number of benzene rings is 1. The zero-order valence-electron chi connectivity index (χ0n) is 10.8. The summed E-state index contributed by atoms with van der Waals surface area (Å²) in [6, 6.07) is 4.31. The Morgan fingerprint density at radius 1 is 1.24 bits per heavy atom. The van der Waals surface area contributed by atoms with E-state index in [9.17, 15) is 19.2 Å². The van der Waals surface area contributed by atoms with E-state index in [-0.39, 0.29) is 5.56 Å². The highest BCUT2D eigenvalue weighted by Crippen LogP contribution is 2.11. The lowest BCUT2D eigenvalue weighted by atomic mass is 10.1. The van der Waals surface area contributed by atoms with E-state index in [0.29, 0.717) is 5.75 Å². The maximum Gasteiger partial charge on any atom is 0.311 e. The predicted molar refractivity (Wildman–Crippen MR) is 67.3 cm³/mol. The quantitative estimate of drug-likeness (QED) is 0.436. The molecule has 0 saturated heterocycles. The average Bonchev–Trinajstić information content (AvgIpc) is 2.50. The predicted octanol–water partition coefficient (Wildman–Crippen LogP) is -0.614. The van der Waals surface area contributed by atoms with E-state index in [4.69, 9.17) is 4.74 Å². The molecule has 9 nitrogen and oxygen atoms in total. The van der Waals surface area contributed by atoms with Crippen LogP contribution in [0.25, 0.3) is 0 Å². The zero-order valence-corrected chi connectivity index (χ0v) is 10.8. The molecule has 0 fully saturated rings. The average molecular weight is 290 g/mol. The second-order valence-corrected chi connectivity index (χ2v) is 3.97. The first kappa shape index (κ1) is 14.3. The highest BCUT2D eigenvalue weighted by molar-refractivity contribution is 6.43. The second-order valence-electron chi connectivity index (χ2n) is 3.97. The summed E-state index contributed by atoms with van der Waals surface area (Å²) >= 11 is 0. The summed E-state index contributed by atoms with van der Waals surface area (Å²) in [6.07, 6.45) is 0. The normalized spacial score (nSPS) is 17.1. The number of rotatable bonds is 3. The SMILES string of the molecule is COc1ccc(C(=O)NC(=O)C2N=NNC(=O)C2=O)cc1. The molecule has 108 valence electrons. The number of amides is 3. The number of hydrogen-bond donors (Lipinski definition) is 2. The molecule has 1 aliphatic rings. The fourth-order valence-electron chi connectivity index (χ4n) is 1.53. The summed E-state index contributed by atoms with van der Waals surface area (Å²) in [4.78, 5) is 46.0. The number of nitrogens with one attached hydrogen (secondary N) is 2. The Kier molecular flexibility index (Phi) is 4.02. The molecule has 9 heteroatoms. The number of carbonyl (C=O) groups excluding carboxylic acids is 4. The summed E-state index contributed by atoms with van der Waals surface area (Å²) in [7, 11) is 1.48.